The summed E-state index contributed by atoms with van der Waals surface area (Å²) in [6, 6.07) is 17.8. The molecule has 1 aliphatic rings. The number of benzene rings is 2. The highest BCUT2D eigenvalue weighted by molar-refractivity contribution is 5.63. The molecule has 0 saturated heterocycles. The third-order valence-corrected chi connectivity index (χ3v) is 3.07. The van der Waals surface area contributed by atoms with Crippen molar-refractivity contribution in [3.8, 4) is 5.75 Å². The first-order valence-electron chi connectivity index (χ1n) is 6.01. The van der Waals surface area contributed by atoms with Gasteiger partial charge in [0.2, 0.25) is 6.29 Å². The fourth-order valence-corrected chi connectivity index (χ4v) is 2.14. The molecule has 0 saturated carbocycles. The van der Waals surface area contributed by atoms with Crippen LogP contribution in [0.3, 0.4) is 0 Å². The molecule has 1 heterocycles. The molecule has 2 aromatic rings. The van der Waals surface area contributed by atoms with Gasteiger partial charge < -0.3 is 9.84 Å². The molecule has 18 heavy (non-hydrogen) atoms. The first-order valence-corrected chi connectivity index (χ1v) is 6.01. The van der Waals surface area contributed by atoms with Crippen molar-refractivity contribution in [1.82, 2.24) is 0 Å². The predicted molar refractivity (Wildman–Crippen MR) is 71.2 cm³/mol. The predicted octanol–water partition coefficient (Wildman–Crippen LogP) is 3.02. The minimum absolute atomic E-state index is 0.705. The molecule has 2 heteroatoms. The minimum Gasteiger partial charge on any atom is -0.461 e. The van der Waals surface area contributed by atoms with Gasteiger partial charge in [-0.05, 0) is 24.1 Å². The van der Waals surface area contributed by atoms with Gasteiger partial charge in [0, 0.05) is 11.1 Å². The van der Waals surface area contributed by atoms with Crippen LogP contribution in [0.5, 0.6) is 5.75 Å². The van der Waals surface area contributed by atoms with E-state index in [4.69, 9.17) is 4.74 Å². The SMILES string of the molecule is OC1Oc2ccccc2C=C1Cc1ccccc1. The van der Waals surface area contributed by atoms with E-state index in [1.807, 2.05) is 60.7 Å². The maximum Gasteiger partial charge on any atom is 0.220 e. The lowest BCUT2D eigenvalue weighted by molar-refractivity contribution is 0.0112. The van der Waals surface area contributed by atoms with Crippen molar-refractivity contribution < 1.29 is 9.84 Å². The molecule has 2 aromatic carbocycles. The van der Waals surface area contributed by atoms with E-state index < -0.39 is 6.29 Å². The lowest BCUT2D eigenvalue weighted by Gasteiger charge is -2.23. The van der Waals surface area contributed by atoms with Crippen LogP contribution >= 0.6 is 0 Å². The Kier molecular flexibility index (Phi) is 2.87. The van der Waals surface area contributed by atoms with Crippen LogP contribution < -0.4 is 4.74 Å². The van der Waals surface area contributed by atoms with Gasteiger partial charge in [0.15, 0.2) is 0 Å². The summed E-state index contributed by atoms with van der Waals surface area (Å²) in [5.41, 5.74) is 3.08. The second-order valence-electron chi connectivity index (χ2n) is 4.39. The quantitative estimate of drug-likeness (QED) is 0.871. The maximum absolute atomic E-state index is 9.99. The number of aliphatic hydroxyl groups excluding tert-OH is 1. The number of fused-ring (bicyclic) bond motifs is 1. The van der Waals surface area contributed by atoms with Crippen LogP contribution in [-0.4, -0.2) is 11.4 Å². The Morgan fingerprint density at radius 2 is 1.67 bits per heavy atom. The van der Waals surface area contributed by atoms with E-state index in [-0.39, 0.29) is 0 Å². The topological polar surface area (TPSA) is 29.5 Å². The summed E-state index contributed by atoms with van der Waals surface area (Å²) in [5.74, 6) is 0.738. The normalized spacial score (nSPS) is 17.6. The van der Waals surface area contributed by atoms with E-state index in [0.29, 0.717) is 6.42 Å². The van der Waals surface area contributed by atoms with Crippen molar-refractivity contribution in [3.05, 3.63) is 71.3 Å². The molecule has 0 spiro atoms. The Morgan fingerprint density at radius 3 is 2.50 bits per heavy atom. The number of hydrogen-bond acceptors (Lipinski definition) is 2. The summed E-state index contributed by atoms with van der Waals surface area (Å²) in [7, 11) is 0. The van der Waals surface area contributed by atoms with E-state index in [1.54, 1.807) is 0 Å². The van der Waals surface area contributed by atoms with E-state index in [0.717, 1.165) is 16.9 Å². The lowest BCUT2D eigenvalue weighted by atomic mass is 10.00. The van der Waals surface area contributed by atoms with Gasteiger partial charge in [0.25, 0.3) is 0 Å². The molecule has 3 rings (SSSR count). The van der Waals surface area contributed by atoms with Gasteiger partial charge in [0.1, 0.15) is 5.75 Å². The van der Waals surface area contributed by atoms with Crippen LogP contribution in [0.4, 0.5) is 0 Å². The second-order valence-corrected chi connectivity index (χ2v) is 4.39. The van der Waals surface area contributed by atoms with Gasteiger partial charge in [-0.1, -0.05) is 48.5 Å². The van der Waals surface area contributed by atoms with Crippen molar-refractivity contribution in [2.45, 2.75) is 12.7 Å². The Bertz CT molecular complexity index is 573. The standard InChI is InChI=1S/C16H14O2/c17-16-14(10-12-6-2-1-3-7-12)11-13-8-4-5-9-15(13)18-16/h1-9,11,16-17H,10H2. The highest BCUT2D eigenvalue weighted by atomic mass is 16.6. The van der Waals surface area contributed by atoms with E-state index in [2.05, 4.69) is 0 Å². The Hall–Kier alpha value is -2.06. The van der Waals surface area contributed by atoms with Crippen LogP contribution in [-0.2, 0) is 6.42 Å². The average molecular weight is 238 g/mol. The molecule has 90 valence electrons. The van der Waals surface area contributed by atoms with Crippen LogP contribution in [0.15, 0.2) is 60.2 Å². The first kappa shape index (κ1) is 11.1. The van der Waals surface area contributed by atoms with Gasteiger partial charge in [-0.25, -0.2) is 0 Å². The number of ether oxygens (including phenoxy) is 1. The molecule has 2 nitrogen and oxygen atoms in total. The summed E-state index contributed by atoms with van der Waals surface area (Å²) in [6.45, 7) is 0. The zero-order valence-electron chi connectivity index (χ0n) is 9.91. The lowest BCUT2D eigenvalue weighted by Crippen LogP contribution is -2.23. The molecular formula is C16H14O2. The van der Waals surface area contributed by atoms with Crippen LogP contribution in [0, 0.1) is 0 Å². The van der Waals surface area contributed by atoms with Crippen molar-refractivity contribution in [2.24, 2.45) is 0 Å². The van der Waals surface area contributed by atoms with Crippen LogP contribution in [0.1, 0.15) is 11.1 Å². The van der Waals surface area contributed by atoms with Crippen molar-refractivity contribution in [1.29, 1.82) is 0 Å². The number of para-hydroxylation sites is 1. The van der Waals surface area contributed by atoms with E-state index >= 15 is 0 Å². The molecule has 0 radical (unpaired) electrons. The van der Waals surface area contributed by atoms with Gasteiger partial charge in [-0.15, -0.1) is 0 Å². The molecule has 0 amide bonds. The summed E-state index contributed by atoms with van der Waals surface area (Å²) in [6.07, 6.45) is 1.87. The summed E-state index contributed by atoms with van der Waals surface area (Å²) >= 11 is 0. The van der Waals surface area contributed by atoms with Crippen molar-refractivity contribution in [2.75, 3.05) is 0 Å². The highest BCUT2D eigenvalue weighted by Crippen LogP contribution is 2.29. The van der Waals surface area contributed by atoms with Crippen LogP contribution in [0.2, 0.25) is 0 Å². The van der Waals surface area contributed by atoms with E-state index in [1.165, 1.54) is 5.56 Å². The molecule has 0 aromatic heterocycles. The van der Waals surface area contributed by atoms with Gasteiger partial charge in [0.05, 0.1) is 0 Å². The first-order chi connectivity index (χ1) is 8.83. The smallest absolute Gasteiger partial charge is 0.220 e. The van der Waals surface area contributed by atoms with Crippen molar-refractivity contribution >= 4 is 6.08 Å². The fourth-order valence-electron chi connectivity index (χ4n) is 2.14. The number of rotatable bonds is 2. The Balaban J connectivity index is 1.91. The molecule has 1 atom stereocenters. The summed E-state index contributed by atoms with van der Waals surface area (Å²) in [4.78, 5) is 0. The number of hydrogen-bond donors (Lipinski definition) is 1. The molecule has 0 aliphatic carbocycles. The monoisotopic (exact) mass is 238 g/mol. The van der Waals surface area contributed by atoms with Gasteiger partial charge in [-0.2, -0.15) is 0 Å². The molecular weight excluding hydrogens is 224 g/mol. The average Bonchev–Trinajstić information content (AvgIpc) is 2.41. The zero-order valence-corrected chi connectivity index (χ0v) is 9.91. The minimum atomic E-state index is -0.847. The van der Waals surface area contributed by atoms with Gasteiger partial charge >= 0.3 is 0 Å². The largest absolute Gasteiger partial charge is 0.461 e. The van der Waals surface area contributed by atoms with Crippen molar-refractivity contribution in [3.63, 3.8) is 0 Å². The van der Waals surface area contributed by atoms with E-state index in [9.17, 15) is 5.11 Å². The van der Waals surface area contributed by atoms with Gasteiger partial charge in [-0.3, -0.25) is 0 Å². The number of aliphatic hydroxyl groups is 1. The molecule has 1 N–H and O–H groups in total. The molecule has 1 unspecified atom stereocenters. The summed E-state index contributed by atoms with van der Waals surface area (Å²) in [5, 5.41) is 9.99. The second kappa shape index (κ2) is 4.67. The molecule has 0 fully saturated rings. The molecule has 1 aliphatic heterocycles. The third kappa shape index (κ3) is 2.15. The maximum atomic E-state index is 9.99. The molecule has 0 bridgehead atoms. The highest BCUT2D eigenvalue weighted by Gasteiger charge is 2.19. The fraction of sp³-hybridized carbons (Fsp3) is 0.125. The summed E-state index contributed by atoms with van der Waals surface area (Å²) < 4.78 is 5.50. The van der Waals surface area contributed by atoms with Crippen LogP contribution in [0.25, 0.3) is 6.08 Å². The zero-order chi connectivity index (χ0) is 12.4. The Labute approximate surface area is 106 Å². The third-order valence-electron chi connectivity index (χ3n) is 3.07. The Morgan fingerprint density at radius 1 is 0.944 bits per heavy atom.